The molecule has 0 aliphatic carbocycles. The first-order chi connectivity index (χ1) is 16.0. The smallest absolute Gasteiger partial charge is 0.275 e. The Balaban J connectivity index is 1.34. The fraction of sp³-hybridized carbons (Fsp3) is 0.458. The van der Waals surface area contributed by atoms with Crippen LogP contribution in [0, 0.1) is 11.8 Å². The minimum absolute atomic E-state index is 0.144. The summed E-state index contributed by atoms with van der Waals surface area (Å²) < 4.78 is 13.8. The van der Waals surface area contributed by atoms with Gasteiger partial charge in [-0.25, -0.2) is 14.5 Å². The van der Waals surface area contributed by atoms with Gasteiger partial charge in [-0.15, -0.1) is 5.10 Å². The zero-order valence-electron chi connectivity index (χ0n) is 19.2. The molecular formula is C24H29N6O2S+. The van der Waals surface area contributed by atoms with E-state index in [9.17, 15) is 0 Å². The lowest BCUT2D eigenvalue weighted by Gasteiger charge is -2.44. The Bertz CT molecular complexity index is 1210. The van der Waals surface area contributed by atoms with Gasteiger partial charge in [-0.2, -0.15) is 0 Å². The van der Waals surface area contributed by atoms with E-state index in [4.69, 9.17) is 14.2 Å². The summed E-state index contributed by atoms with van der Waals surface area (Å²) in [5.74, 6) is 1.77. The van der Waals surface area contributed by atoms with E-state index in [1.807, 2.05) is 36.1 Å². The Hall–Kier alpha value is -2.91. The number of rotatable bonds is 7. The Morgan fingerprint density at radius 3 is 2.85 bits per heavy atom. The molecule has 172 valence electrons. The highest BCUT2D eigenvalue weighted by Gasteiger charge is 2.46. The van der Waals surface area contributed by atoms with Crippen LogP contribution in [0.1, 0.15) is 32.4 Å². The molecule has 1 unspecified atom stereocenters. The minimum Gasteiger partial charge on any atom is -0.470 e. The summed E-state index contributed by atoms with van der Waals surface area (Å²) in [7, 11) is 2.00. The Kier molecular flexibility index (Phi) is 6.07. The van der Waals surface area contributed by atoms with Crippen LogP contribution in [0.5, 0.6) is 5.19 Å². The number of ether oxygens (including phenoxy) is 1. The molecule has 1 fully saturated rings. The third-order valence-electron chi connectivity index (χ3n) is 6.76. The second-order valence-electron chi connectivity index (χ2n) is 9.09. The monoisotopic (exact) mass is 465 g/mol. The van der Waals surface area contributed by atoms with Crippen molar-refractivity contribution >= 4 is 21.7 Å². The highest BCUT2D eigenvalue weighted by molar-refractivity contribution is 7.19. The van der Waals surface area contributed by atoms with Crippen LogP contribution in [0.4, 0.5) is 0 Å². The number of thiazole rings is 1. The van der Waals surface area contributed by atoms with Gasteiger partial charge in [0, 0.05) is 28.4 Å². The molecule has 9 heteroatoms. The maximum Gasteiger partial charge on any atom is 0.275 e. The summed E-state index contributed by atoms with van der Waals surface area (Å²) in [5, 5.41) is 11.9. The van der Waals surface area contributed by atoms with Gasteiger partial charge in [-0.1, -0.05) is 25.2 Å². The molecule has 4 aromatic rings. The van der Waals surface area contributed by atoms with Crippen molar-refractivity contribution in [3.05, 3.63) is 48.6 Å². The number of hydrogen-bond donors (Lipinski definition) is 1. The number of piperidine rings is 1. The number of aryl methyl sites for hydroxylation is 1. The molecule has 0 aromatic carbocycles. The average Bonchev–Trinajstić information content (AvgIpc) is 3.49. The molecule has 1 N–H and O–H groups in total. The largest absolute Gasteiger partial charge is 0.470 e. The van der Waals surface area contributed by atoms with E-state index >= 15 is 0 Å². The van der Waals surface area contributed by atoms with Crippen molar-refractivity contribution in [3.63, 3.8) is 0 Å². The van der Waals surface area contributed by atoms with E-state index in [1.165, 1.54) is 11.3 Å². The van der Waals surface area contributed by atoms with Crippen molar-refractivity contribution in [2.24, 2.45) is 18.9 Å². The minimum atomic E-state index is -0.144. The predicted octanol–water partition coefficient (Wildman–Crippen LogP) is 3.54. The molecule has 2 atom stereocenters. The Morgan fingerprint density at radius 1 is 1.24 bits per heavy atom. The normalized spacial score (nSPS) is 21.0. The van der Waals surface area contributed by atoms with Crippen molar-refractivity contribution in [1.82, 2.24) is 25.7 Å². The average molecular weight is 466 g/mol. The van der Waals surface area contributed by atoms with Crippen LogP contribution in [-0.2, 0) is 12.5 Å². The van der Waals surface area contributed by atoms with Crippen LogP contribution in [0.15, 0.2) is 47.4 Å². The molecule has 8 nitrogen and oxygen atoms in total. The van der Waals surface area contributed by atoms with Gasteiger partial charge in [0.1, 0.15) is 17.4 Å². The van der Waals surface area contributed by atoms with Gasteiger partial charge in [0.25, 0.3) is 5.19 Å². The molecule has 0 saturated carbocycles. The zero-order valence-corrected chi connectivity index (χ0v) is 20.0. The van der Waals surface area contributed by atoms with Gasteiger partial charge >= 0.3 is 0 Å². The lowest BCUT2D eigenvalue weighted by Crippen LogP contribution is -2.50. The summed E-state index contributed by atoms with van der Waals surface area (Å²) in [5.41, 5.74) is 2.73. The van der Waals surface area contributed by atoms with E-state index in [0.29, 0.717) is 23.6 Å². The number of aromatic nitrogens is 5. The fourth-order valence-electron chi connectivity index (χ4n) is 4.96. The standard InChI is InChI=1S/C24H29N6O2S/c1-16(2)18-14-25-10-8-24(18,21-15-26-29-32-21)9-13-31-23-28-20-5-4-19(27-22(20)33-23)17-6-11-30(3)12-7-17/h4-7,11-12,15-16,18,25H,8-10,13-14H2,1-3H3/q+1/t18?,24-/m1/s1. The quantitative estimate of drug-likeness (QED) is 0.418. The van der Waals surface area contributed by atoms with Crippen LogP contribution in [-0.4, -0.2) is 40.0 Å². The first kappa shape index (κ1) is 21.9. The molecule has 5 heterocycles. The molecule has 0 spiro atoms. The zero-order chi connectivity index (χ0) is 22.8. The number of nitrogens with zero attached hydrogens (tertiary/aromatic N) is 5. The molecule has 1 aliphatic heterocycles. The number of fused-ring (bicyclic) bond motifs is 1. The molecule has 4 aromatic heterocycles. The first-order valence-corrected chi connectivity index (χ1v) is 12.2. The second-order valence-corrected chi connectivity index (χ2v) is 10.0. The molecular weight excluding hydrogens is 436 g/mol. The maximum atomic E-state index is 6.17. The SMILES string of the molecule is CC(C)C1CNCC[C@]1(CCOc1nc2ccc(-c3cc[n+](C)cc3)nc2s1)c1cnno1. The second kappa shape index (κ2) is 9.15. The fourth-order valence-corrected chi connectivity index (χ4v) is 5.78. The van der Waals surface area contributed by atoms with Gasteiger partial charge in [0.05, 0.1) is 18.5 Å². The van der Waals surface area contributed by atoms with E-state index in [1.54, 1.807) is 6.20 Å². The van der Waals surface area contributed by atoms with Crippen LogP contribution < -0.4 is 14.6 Å². The van der Waals surface area contributed by atoms with E-state index in [0.717, 1.165) is 53.3 Å². The third-order valence-corrected chi connectivity index (χ3v) is 7.64. The number of hydrogen-bond acceptors (Lipinski definition) is 8. The van der Waals surface area contributed by atoms with E-state index in [-0.39, 0.29) is 5.41 Å². The summed E-state index contributed by atoms with van der Waals surface area (Å²) in [6, 6.07) is 8.15. The Morgan fingerprint density at radius 2 is 2.09 bits per heavy atom. The lowest BCUT2D eigenvalue weighted by molar-refractivity contribution is -0.671. The van der Waals surface area contributed by atoms with Crippen molar-refractivity contribution in [3.8, 4) is 16.5 Å². The topological polar surface area (TPSA) is 89.8 Å². The van der Waals surface area contributed by atoms with Crippen molar-refractivity contribution < 1.29 is 13.8 Å². The van der Waals surface area contributed by atoms with Crippen molar-refractivity contribution in [1.29, 1.82) is 0 Å². The summed E-state index contributed by atoms with van der Waals surface area (Å²) >= 11 is 1.49. The van der Waals surface area contributed by atoms with E-state index in [2.05, 4.69) is 46.7 Å². The number of nitrogens with one attached hydrogen (secondary N) is 1. The summed E-state index contributed by atoms with van der Waals surface area (Å²) in [6.45, 7) is 6.96. The third kappa shape index (κ3) is 4.35. The van der Waals surface area contributed by atoms with Crippen LogP contribution in [0.25, 0.3) is 21.6 Å². The van der Waals surface area contributed by atoms with Gasteiger partial charge < -0.3 is 14.6 Å². The van der Waals surface area contributed by atoms with Crippen LogP contribution in [0.3, 0.4) is 0 Å². The van der Waals surface area contributed by atoms with E-state index < -0.39 is 0 Å². The van der Waals surface area contributed by atoms with Gasteiger partial charge in [-0.05, 0) is 49.9 Å². The van der Waals surface area contributed by atoms with Crippen LogP contribution in [0.2, 0.25) is 0 Å². The summed E-state index contributed by atoms with van der Waals surface area (Å²) in [4.78, 5) is 10.3. The van der Waals surface area contributed by atoms with Gasteiger partial charge in [0.2, 0.25) is 0 Å². The van der Waals surface area contributed by atoms with Crippen molar-refractivity contribution in [2.75, 3.05) is 19.7 Å². The Labute approximate surface area is 197 Å². The molecule has 1 saturated heterocycles. The lowest BCUT2D eigenvalue weighted by atomic mass is 9.63. The highest BCUT2D eigenvalue weighted by atomic mass is 32.1. The van der Waals surface area contributed by atoms with Gasteiger partial charge in [-0.3, -0.25) is 0 Å². The molecule has 0 amide bonds. The molecule has 33 heavy (non-hydrogen) atoms. The molecule has 0 radical (unpaired) electrons. The summed E-state index contributed by atoms with van der Waals surface area (Å²) in [6.07, 6.45) is 7.61. The first-order valence-electron chi connectivity index (χ1n) is 11.4. The maximum absolute atomic E-state index is 6.17. The van der Waals surface area contributed by atoms with Gasteiger partial charge in [0.15, 0.2) is 18.2 Å². The molecule has 0 bridgehead atoms. The molecule has 1 aliphatic rings. The van der Waals surface area contributed by atoms with Crippen molar-refractivity contribution in [2.45, 2.75) is 32.1 Å². The predicted molar refractivity (Wildman–Crippen MR) is 126 cm³/mol. The van der Waals surface area contributed by atoms with Crippen LogP contribution >= 0.6 is 11.3 Å². The highest BCUT2D eigenvalue weighted by Crippen LogP contribution is 2.44. The molecule has 5 rings (SSSR count). The number of pyridine rings is 2.